The van der Waals surface area contributed by atoms with Gasteiger partial charge in [-0.05, 0) is 30.3 Å². The molecule has 0 amide bonds. The van der Waals surface area contributed by atoms with Gasteiger partial charge in [-0.25, -0.2) is 15.0 Å². The van der Waals surface area contributed by atoms with E-state index >= 15 is 0 Å². The topological polar surface area (TPSA) is 41.9 Å². The van der Waals surface area contributed by atoms with Gasteiger partial charge in [0.25, 0.3) is 0 Å². The molecule has 4 nitrogen and oxygen atoms in total. The van der Waals surface area contributed by atoms with Gasteiger partial charge in [0.15, 0.2) is 17.5 Å². The molecular formula is C16H15Cl3N4. The van der Waals surface area contributed by atoms with E-state index < -0.39 is 3.79 Å². The number of rotatable bonds is 4. The first kappa shape index (κ1) is 17.7. The van der Waals surface area contributed by atoms with Gasteiger partial charge >= 0.3 is 0 Å². The fourth-order valence-corrected chi connectivity index (χ4v) is 2.04. The summed E-state index contributed by atoms with van der Waals surface area (Å²) < 4.78 is -1.72. The zero-order chi connectivity index (χ0) is 17.0. The van der Waals surface area contributed by atoms with Crippen LogP contribution in [0.4, 0.5) is 5.69 Å². The van der Waals surface area contributed by atoms with Gasteiger partial charge in [0, 0.05) is 25.3 Å². The molecule has 2 rings (SSSR count). The van der Waals surface area contributed by atoms with Gasteiger partial charge in [0.2, 0.25) is 3.79 Å². The molecule has 0 aliphatic rings. The summed E-state index contributed by atoms with van der Waals surface area (Å²) in [5.74, 6) is 0.913. The second-order valence-corrected chi connectivity index (χ2v) is 7.16. The normalized spacial score (nSPS) is 11.7. The Bertz CT molecular complexity index is 719. The third-order valence-corrected chi connectivity index (χ3v) is 3.44. The summed E-state index contributed by atoms with van der Waals surface area (Å²) in [5.41, 5.74) is 1.87. The summed E-state index contributed by atoms with van der Waals surface area (Å²) in [4.78, 5) is 14.8. The van der Waals surface area contributed by atoms with Crippen LogP contribution in [0.5, 0.6) is 0 Å². The summed E-state index contributed by atoms with van der Waals surface area (Å²) in [6.07, 6.45) is 4.99. The smallest absolute Gasteiger partial charge is 0.250 e. The van der Waals surface area contributed by atoms with Crippen molar-refractivity contribution in [1.29, 1.82) is 0 Å². The van der Waals surface area contributed by atoms with E-state index in [2.05, 4.69) is 21.5 Å². The van der Waals surface area contributed by atoms with Crippen LogP contribution in [0.3, 0.4) is 0 Å². The van der Waals surface area contributed by atoms with Crippen molar-refractivity contribution in [3.05, 3.63) is 54.6 Å². The van der Waals surface area contributed by atoms with Gasteiger partial charge in [-0.1, -0.05) is 53.5 Å². The Morgan fingerprint density at radius 1 is 1.04 bits per heavy atom. The van der Waals surface area contributed by atoms with Crippen molar-refractivity contribution in [2.75, 3.05) is 19.0 Å². The van der Waals surface area contributed by atoms with E-state index in [1.807, 2.05) is 43.3 Å². The maximum absolute atomic E-state index is 5.92. The zero-order valence-corrected chi connectivity index (χ0v) is 14.9. The van der Waals surface area contributed by atoms with Gasteiger partial charge < -0.3 is 4.90 Å². The number of benzene rings is 1. The molecule has 2 aromatic rings. The predicted molar refractivity (Wildman–Crippen MR) is 98.1 cm³/mol. The quantitative estimate of drug-likeness (QED) is 0.582. The molecule has 0 saturated heterocycles. The lowest BCUT2D eigenvalue weighted by molar-refractivity contribution is 0.913. The lowest BCUT2D eigenvalue weighted by Gasteiger charge is -2.13. The highest BCUT2D eigenvalue weighted by molar-refractivity contribution is 6.66. The highest BCUT2D eigenvalue weighted by Gasteiger charge is 2.28. The van der Waals surface area contributed by atoms with Crippen LogP contribution < -0.4 is 4.90 Å². The number of anilines is 1. The van der Waals surface area contributed by atoms with Crippen molar-refractivity contribution >= 4 is 46.6 Å². The van der Waals surface area contributed by atoms with Crippen molar-refractivity contribution in [3.63, 3.8) is 0 Å². The van der Waals surface area contributed by atoms with Gasteiger partial charge in [0.1, 0.15) is 0 Å². The average molecular weight is 370 g/mol. The van der Waals surface area contributed by atoms with E-state index in [0.29, 0.717) is 11.6 Å². The van der Waals surface area contributed by atoms with Crippen LogP contribution in [0.15, 0.2) is 43.0 Å². The highest BCUT2D eigenvalue weighted by Crippen LogP contribution is 2.36. The van der Waals surface area contributed by atoms with E-state index in [4.69, 9.17) is 34.8 Å². The van der Waals surface area contributed by atoms with Gasteiger partial charge in [0.05, 0.1) is 0 Å². The van der Waals surface area contributed by atoms with Crippen LogP contribution in [-0.2, 0) is 3.79 Å². The molecule has 7 heteroatoms. The Morgan fingerprint density at radius 3 is 2.22 bits per heavy atom. The molecule has 0 bridgehead atoms. The molecule has 1 heterocycles. The molecule has 1 aromatic heterocycles. The summed E-state index contributed by atoms with van der Waals surface area (Å²) in [5, 5.41) is 0. The van der Waals surface area contributed by atoms with E-state index in [9.17, 15) is 0 Å². The molecular weight excluding hydrogens is 355 g/mol. The third kappa shape index (κ3) is 4.67. The van der Waals surface area contributed by atoms with Crippen LogP contribution in [-0.4, -0.2) is 29.0 Å². The molecule has 0 spiro atoms. The minimum atomic E-state index is -1.72. The van der Waals surface area contributed by atoms with E-state index in [1.165, 1.54) is 0 Å². The number of nitrogens with zero attached hydrogens (tertiary/aromatic N) is 4. The molecule has 0 aliphatic carbocycles. The predicted octanol–water partition coefficient (Wildman–Crippen LogP) is 4.63. The maximum atomic E-state index is 5.92. The standard InChI is InChI=1S/C16H15Cl3N4/c1-4-5-6-13-20-14(22-15(21-13)16(17,18)19)11-7-9-12(10-8-11)23(2)3/h4-10H,1H2,2-3H3. The van der Waals surface area contributed by atoms with Gasteiger partial charge in [-0.3, -0.25) is 0 Å². The molecule has 0 N–H and O–H groups in total. The summed E-state index contributed by atoms with van der Waals surface area (Å²) in [7, 11) is 3.94. The molecule has 0 atom stereocenters. The molecule has 0 saturated carbocycles. The Kier molecular flexibility index (Phi) is 5.63. The van der Waals surface area contributed by atoms with Gasteiger partial charge in [-0.15, -0.1) is 0 Å². The summed E-state index contributed by atoms with van der Waals surface area (Å²) in [6, 6.07) is 7.75. The Morgan fingerprint density at radius 2 is 1.70 bits per heavy atom. The largest absolute Gasteiger partial charge is 0.378 e. The fourth-order valence-electron chi connectivity index (χ4n) is 1.79. The number of alkyl halides is 3. The summed E-state index contributed by atoms with van der Waals surface area (Å²) in [6.45, 7) is 3.61. The van der Waals surface area contributed by atoms with Crippen molar-refractivity contribution in [2.24, 2.45) is 0 Å². The SMILES string of the molecule is C=CC=Cc1nc(-c2ccc(N(C)C)cc2)nc(C(Cl)(Cl)Cl)n1. The monoisotopic (exact) mass is 368 g/mol. The second-order valence-electron chi connectivity index (χ2n) is 4.87. The molecule has 0 radical (unpaired) electrons. The molecule has 0 aliphatic heterocycles. The number of aromatic nitrogens is 3. The Labute approximate surface area is 150 Å². The number of hydrogen-bond acceptors (Lipinski definition) is 4. The first-order valence-corrected chi connectivity index (χ1v) is 7.85. The van der Waals surface area contributed by atoms with Gasteiger partial charge in [-0.2, -0.15) is 0 Å². The minimum absolute atomic E-state index is 0.0768. The third-order valence-electron chi connectivity index (χ3n) is 2.93. The molecule has 23 heavy (non-hydrogen) atoms. The van der Waals surface area contributed by atoms with Crippen molar-refractivity contribution in [3.8, 4) is 11.4 Å². The summed E-state index contributed by atoms with van der Waals surface area (Å²) >= 11 is 17.8. The van der Waals surface area contributed by atoms with Crippen LogP contribution in [0.2, 0.25) is 0 Å². The van der Waals surface area contributed by atoms with E-state index in [-0.39, 0.29) is 5.82 Å². The Balaban J connectivity index is 2.51. The first-order valence-electron chi connectivity index (χ1n) is 6.71. The molecule has 0 unspecified atom stereocenters. The maximum Gasteiger partial charge on any atom is 0.250 e. The molecule has 1 aromatic carbocycles. The molecule has 0 fully saturated rings. The molecule has 120 valence electrons. The van der Waals surface area contributed by atoms with Crippen molar-refractivity contribution in [2.45, 2.75) is 3.79 Å². The first-order chi connectivity index (χ1) is 10.8. The van der Waals surface area contributed by atoms with Crippen LogP contribution in [0.1, 0.15) is 11.6 Å². The zero-order valence-electron chi connectivity index (χ0n) is 12.7. The van der Waals surface area contributed by atoms with Crippen molar-refractivity contribution in [1.82, 2.24) is 15.0 Å². The van der Waals surface area contributed by atoms with E-state index in [0.717, 1.165) is 11.3 Å². The highest BCUT2D eigenvalue weighted by atomic mass is 35.6. The van der Waals surface area contributed by atoms with Crippen molar-refractivity contribution < 1.29 is 0 Å². The lowest BCUT2D eigenvalue weighted by Crippen LogP contribution is -2.11. The Hall–Kier alpha value is -1.62. The minimum Gasteiger partial charge on any atom is -0.378 e. The van der Waals surface area contributed by atoms with Crippen LogP contribution in [0, 0.1) is 0 Å². The van der Waals surface area contributed by atoms with Crippen LogP contribution >= 0.6 is 34.8 Å². The van der Waals surface area contributed by atoms with Crippen LogP contribution in [0.25, 0.3) is 17.5 Å². The number of hydrogen-bond donors (Lipinski definition) is 0. The number of allylic oxidation sites excluding steroid dienone is 2. The van der Waals surface area contributed by atoms with E-state index in [1.54, 1.807) is 18.2 Å². The number of halogens is 3. The fraction of sp³-hybridized carbons (Fsp3) is 0.188. The lowest BCUT2D eigenvalue weighted by atomic mass is 10.2. The average Bonchev–Trinajstić information content (AvgIpc) is 2.52. The second kappa shape index (κ2) is 7.30.